The van der Waals surface area contributed by atoms with Crippen molar-refractivity contribution in [2.75, 3.05) is 24.5 Å². The summed E-state index contributed by atoms with van der Waals surface area (Å²) in [6.45, 7) is 1.53. The quantitative estimate of drug-likeness (QED) is 0.192. The van der Waals surface area contributed by atoms with E-state index >= 15 is 0 Å². The molecule has 0 radical (unpaired) electrons. The van der Waals surface area contributed by atoms with Gasteiger partial charge in [-0.2, -0.15) is 0 Å². The van der Waals surface area contributed by atoms with Crippen LogP contribution < -0.4 is 14.4 Å². The number of ether oxygens (including phenoxy) is 1. The third-order valence-corrected chi connectivity index (χ3v) is 9.08. The summed E-state index contributed by atoms with van der Waals surface area (Å²) in [4.78, 5) is 29.4. The van der Waals surface area contributed by atoms with Crippen LogP contribution in [0.5, 0.6) is 5.75 Å². The van der Waals surface area contributed by atoms with Crippen molar-refractivity contribution >= 4 is 50.7 Å². The third kappa shape index (κ3) is 8.31. The lowest BCUT2D eigenvalue weighted by atomic mass is 10.0. The molecule has 0 heterocycles. The Kier molecular flexibility index (Phi) is 11.3. The van der Waals surface area contributed by atoms with Crippen LogP contribution in [0.1, 0.15) is 18.1 Å². The van der Waals surface area contributed by atoms with E-state index in [4.69, 9.17) is 27.9 Å². The second kappa shape index (κ2) is 15.1. The lowest BCUT2D eigenvalue weighted by molar-refractivity contribution is -0.140. The van der Waals surface area contributed by atoms with Gasteiger partial charge >= 0.3 is 0 Å². The number of amides is 2. The SMILES string of the molecule is CCNC(=O)[C@H](Cc1ccccc1)N(Cc1cccc(OC)c1)C(=O)CN(c1cc(Cl)cc(Cl)c1)S(=O)(=O)c1ccccc1. The fraction of sp³-hybridized carbons (Fsp3) is 0.212. The molecule has 4 aromatic carbocycles. The number of hydrogen-bond donors (Lipinski definition) is 1. The number of nitrogens with one attached hydrogen (secondary N) is 1. The van der Waals surface area contributed by atoms with Crippen molar-refractivity contribution < 1.29 is 22.7 Å². The fourth-order valence-electron chi connectivity index (χ4n) is 4.75. The number of sulfonamides is 1. The number of methoxy groups -OCH3 is 1. The summed E-state index contributed by atoms with van der Waals surface area (Å²) in [6, 6.07) is 27.6. The maximum absolute atomic E-state index is 14.4. The van der Waals surface area contributed by atoms with E-state index in [0.29, 0.717) is 17.9 Å². The van der Waals surface area contributed by atoms with Gasteiger partial charge in [-0.3, -0.25) is 13.9 Å². The van der Waals surface area contributed by atoms with E-state index in [2.05, 4.69) is 5.32 Å². The minimum atomic E-state index is -4.27. The van der Waals surface area contributed by atoms with Crippen LogP contribution in [0.4, 0.5) is 5.69 Å². The first-order valence-corrected chi connectivity index (χ1v) is 16.1. The van der Waals surface area contributed by atoms with Gasteiger partial charge in [0.15, 0.2) is 0 Å². The van der Waals surface area contributed by atoms with Crippen LogP contribution >= 0.6 is 23.2 Å². The largest absolute Gasteiger partial charge is 0.497 e. The van der Waals surface area contributed by atoms with Crippen LogP contribution in [0.15, 0.2) is 108 Å². The molecule has 0 spiro atoms. The average molecular weight is 655 g/mol. The molecule has 4 rings (SSSR count). The minimum absolute atomic E-state index is 0.0141. The lowest BCUT2D eigenvalue weighted by Crippen LogP contribution is -2.53. The van der Waals surface area contributed by atoms with Gasteiger partial charge in [0.05, 0.1) is 17.7 Å². The van der Waals surface area contributed by atoms with E-state index in [-0.39, 0.29) is 39.5 Å². The molecule has 1 N–H and O–H groups in total. The number of anilines is 1. The first-order valence-electron chi connectivity index (χ1n) is 13.9. The molecule has 0 fully saturated rings. The molecule has 0 aliphatic rings. The average Bonchev–Trinajstić information content (AvgIpc) is 3.02. The molecule has 8 nitrogen and oxygen atoms in total. The van der Waals surface area contributed by atoms with Crippen LogP contribution in [0, 0.1) is 0 Å². The van der Waals surface area contributed by atoms with Gasteiger partial charge in [-0.05, 0) is 60.5 Å². The lowest BCUT2D eigenvalue weighted by Gasteiger charge is -2.34. The normalized spacial score (nSPS) is 11.8. The molecule has 44 heavy (non-hydrogen) atoms. The molecular formula is C33H33Cl2N3O5S. The Morgan fingerprint density at radius 1 is 0.841 bits per heavy atom. The highest BCUT2D eigenvalue weighted by atomic mass is 35.5. The van der Waals surface area contributed by atoms with E-state index in [1.807, 2.05) is 36.4 Å². The topological polar surface area (TPSA) is 96.0 Å². The summed E-state index contributed by atoms with van der Waals surface area (Å²) in [5.74, 6) is -0.388. The van der Waals surface area contributed by atoms with E-state index in [9.17, 15) is 18.0 Å². The zero-order valence-corrected chi connectivity index (χ0v) is 26.6. The van der Waals surface area contributed by atoms with Gasteiger partial charge in [-0.15, -0.1) is 0 Å². The Labute approximate surface area is 268 Å². The highest BCUT2D eigenvalue weighted by Gasteiger charge is 2.34. The van der Waals surface area contributed by atoms with E-state index in [1.165, 1.54) is 42.3 Å². The number of likely N-dealkylation sites (N-methyl/N-ethyl adjacent to an activating group) is 1. The molecule has 0 aliphatic carbocycles. The predicted molar refractivity (Wildman–Crippen MR) is 174 cm³/mol. The molecule has 2 amide bonds. The number of carbonyl (C=O) groups is 2. The third-order valence-electron chi connectivity index (χ3n) is 6.85. The molecule has 11 heteroatoms. The summed E-state index contributed by atoms with van der Waals surface area (Å²) >= 11 is 12.6. The molecule has 0 saturated carbocycles. The van der Waals surface area contributed by atoms with Gasteiger partial charge in [0, 0.05) is 29.6 Å². The molecular weight excluding hydrogens is 621 g/mol. The molecule has 230 valence electrons. The highest BCUT2D eigenvalue weighted by Crippen LogP contribution is 2.30. The molecule has 0 aromatic heterocycles. The molecule has 4 aromatic rings. The highest BCUT2D eigenvalue weighted by molar-refractivity contribution is 7.92. The number of nitrogens with zero attached hydrogens (tertiary/aromatic N) is 2. The molecule has 0 aliphatic heterocycles. The minimum Gasteiger partial charge on any atom is -0.497 e. The van der Waals surface area contributed by atoms with Gasteiger partial charge in [0.2, 0.25) is 11.8 Å². The van der Waals surface area contributed by atoms with Crippen molar-refractivity contribution in [3.05, 3.63) is 124 Å². The number of rotatable bonds is 13. The first kappa shape index (κ1) is 32.9. The molecule has 0 saturated heterocycles. The Morgan fingerprint density at radius 3 is 2.07 bits per heavy atom. The van der Waals surface area contributed by atoms with Crippen LogP contribution in [0.2, 0.25) is 10.0 Å². The summed E-state index contributed by atoms with van der Waals surface area (Å²) < 4.78 is 34.4. The summed E-state index contributed by atoms with van der Waals surface area (Å²) in [5, 5.41) is 3.24. The maximum Gasteiger partial charge on any atom is 0.264 e. The number of benzene rings is 4. The van der Waals surface area contributed by atoms with Gasteiger partial charge < -0.3 is 15.0 Å². The first-order chi connectivity index (χ1) is 21.1. The van der Waals surface area contributed by atoms with Crippen molar-refractivity contribution in [1.29, 1.82) is 0 Å². The van der Waals surface area contributed by atoms with Gasteiger partial charge in [0.25, 0.3) is 10.0 Å². The molecule has 1 atom stereocenters. The van der Waals surface area contributed by atoms with Gasteiger partial charge in [-0.1, -0.05) is 83.9 Å². The monoisotopic (exact) mass is 653 g/mol. The molecule has 0 bridgehead atoms. The Balaban J connectivity index is 1.82. The van der Waals surface area contributed by atoms with Gasteiger partial charge in [-0.25, -0.2) is 8.42 Å². The van der Waals surface area contributed by atoms with Crippen LogP contribution in [-0.2, 0) is 32.6 Å². The van der Waals surface area contributed by atoms with Crippen molar-refractivity contribution in [3.8, 4) is 5.75 Å². The second-order valence-corrected chi connectivity index (χ2v) is 12.7. The summed E-state index contributed by atoms with van der Waals surface area (Å²) in [6.07, 6.45) is 0.205. The van der Waals surface area contributed by atoms with Crippen molar-refractivity contribution in [2.24, 2.45) is 0 Å². The van der Waals surface area contributed by atoms with E-state index < -0.39 is 28.5 Å². The number of halogens is 2. The van der Waals surface area contributed by atoms with Crippen molar-refractivity contribution in [3.63, 3.8) is 0 Å². The van der Waals surface area contributed by atoms with Crippen LogP contribution in [-0.4, -0.2) is 51.4 Å². The van der Waals surface area contributed by atoms with Gasteiger partial charge in [0.1, 0.15) is 18.3 Å². The Bertz CT molecular complexity index is 1670. The smallest absolute Gasteiger partial charge is 0.264 e. The zero-order chi connectivity index (χ0) is 31.7. The predicted octanol–water partition coefficient (Wildman–Crippen LogP) is 5.97. The van der Waals surface area contributed by atoms with Crippen LogP contribution in [0.3, 0.4) is 0 Å². The molecule has 0 unspecified atom stereocenters. The van der Waals surface area contributed by atoms with E-state index in [1.54, 1.807) is 43.3 Å². The summed E-state index contributed by atoms with van der Waals surface area (Å²) in [5.41, 5.74) is 1.64. The number of carbonyl (C=O) groups excluding carboxylic acids is 2. The van der Waals surface area contributed by atoms with E-state index in [0.717, 1.165) is 9.87 Å². The Hall–Kier alpha value is -4.05. The van der Waals surface area contributed by atoms with Crippen molar-refractivity contribution in [1.82, 2.24) is 10.2 Å². The summed E-state index contributed by atoms with van der Waals surface area (Å²) in [7, 11) is -2.73. The van der Waals surface area contributed by atoms with Crippen LogP contribution in [0.25, 0.3) is 0 Å². The fourth-order valence-corrected chi connectivity index (χ4v) is 6.68. The standard InChI is InChI=1S/C33H33Cl2N3O5S/c1-3-36-33(40)31(18-24-11-6-4-7-12-24)37(22-25-13-10-14-29(17-25)43-2)32(39)23-38(28-20-26(34)19-27(35)21-28)44(41,42)30-15-8-5-9-16-30/h4-17,19-21,31H,3,18,22-23H2,1-2H3,(H,36,40)/t31-/m0/s1. The maximum atomic E-state index is 14.4. The Morgan fingerprint density at radius 2 is 1.45 bits per heavy atom. The zero-order valence-electron chi connectivity index (χ0n) is 24.3. The number of hydrogen-bond acceptors (Lipinski definition) is 5. The second-order valence-electron chi connectivity index (χ2n) is 9.93. The van der Waals surface area contributed by atoms with Crippen molar-refractivity contribution in [2.45, 2.75) is 30.8 Å².